The Morgan fingerprint density at radius 1 is 0.941 bits per heavy atom. The number of phenolic OH excluding ortho intramolecular Hbond substituents is 1. The summed E-state index contributed by atoms with van der Waals surface area (Å²) in [7, 11) is 1.68. The molecule has 0 saturated carbocycles. The maximum atomic E-state index is 9.96. The number of hydrogen-bond donors (Lipinski definition) is 1. The van der Waals surface area contributed by atoms with Crippen molar-refractivity contribution >= 4 is 5.69 Å². The Hall–Kier alpha value is -3.38. The van der Waals surface area contributed by atoms with Crippen molar-refractivity contribution in [3.8, 4) is 23.0 Å². The lowest BCUT2D eigenvalue weighted by Gasteiger charge is -2.26. The summed E-state index contributed by atoms with van der Waals surface area (Å²) in [6.07, 6.45) is -0.135. The van der Waals surface area contributed by atoms with E-state index >= 15 is 0 Å². The molecule has 2 aliphatic rings. The Kier molecular flexibility index (Phi) is 6.24. The van der Waals surface area contributed by atoms with Gasteiger partial charge in [0.05, 0.1) is 13.2 Å². The van der Waals surface area contributed by atoms with Crippen LogP contribution in [-0.2, 0) is 6.54 Å². The summed E-state index contributed by atoms with van der Waals surface area (Å²) in [5.74, 6) is 2.66. The molecule has 178 valence electrons. The molecule has 5 rings (SSSR count). The van der Waals surface area contributed by atoms with Crippen molar-refractivity contribution in [2.45, 2.75) is 32.5 Å². The van der Waals surface area contributed by atoms with Crippen LogP contribution in [0.5, 0.6) is 23.0 Å². The van der Waals surface area contributed by atoms with Gasteiger partial charge in [-0.1, -0.05) is 26.0 Å². The molecule has 6 nitrogen and oxygen atoms in total. The van der Waals surface area contributed by atoms with E-state index in [1.54, 1.807) is 19.2 Å². The van der Waals surface area contributed by atoms with Gasteiger partial charge in [0.15, 0.2) is 6.10 Å². The SMILES string of the molecule is CCN(CC)CCOc1ccc(CN2c3ccc(OC)cc3C3Oc4cc(O)ccc4C32)cc1. The van der Waals surface area contributed by atoms with Gasteiger partial charge in [0.25, 0.3) is 0 Å². The number of rotatable bonds is 9. The van der Waals surface area contributed by atoms with E-state index in [-0.39, 0.29) is 17.9 Å². The van der Waals surface area contributed by atoms with E-state index in [1.165, 1.54) is 5.56 Å². The number of ether oxygens (including phenoxy) is 3. The normalized spacial score (nSPS) is 17.8. The summed E-state index contributed by atoms with van der Waals surface area (Å²) in [6, 6.07) is 20.0. The van der Waals surface area contributed by atoms with Gasteiger partial charge in [-0.15, -0.1) is 0 Å². The minimum Gasteiger partial charge on any atom is -0.508 e. The number of benzene rings is 3. The standard InChI is InChI=1S/C28H32N2O4/c1-4-29(5-2)14-15-33-21-9-6-19(7-10-21)18-30-25-13-11-22(32-3)17-24(25)28-27(30)23-12-8-20(31)16-26(23)34-28/h6-13,16-17,27-28,31H,4-5,14-15,18H2,1-3H3. The maximum absolute atomic E-state index is 9.96. The van der Waals surface area contributed by atoms with Crippen molar-refractivity contribution in [3.63, 3.8) is 0 Å². The zero-order chi connectivity index (χ0) is 23.7. The highest BCUT2D eigenvalue weighted by Crippen LogP contribution is 2.57. The first kappa shape index (κ1) is 22.4. The first-order valence-electron chi connectivity index (χ1n) is 12.0. The summed E-state index contributed by atoms with van der Waals surface area (Å²) in [4.78, 5) is 4.74. The second-order valence-corrected chi connectivity index (χ2v) is 8.78. The lowest BCUT2D eigenvalue weighted by Crippen LogP contribution is -2.27. The summed E-state index contributed by atoms with van der Waals surface area (Å²) >= 11 is 0. The van der Waals surface area contributed by atoms with Crippen molar-refractivity contribution in [3.05, 3.63) is 77.4 Å². The van der Waals surface area contributed by atoms with Crippen LogP contribution in [0.4, 0.5) is 5.69 Å². The lowest BCUT2D eigenvalue weighted by atomic mass is 10.0. The molecule has 0 aromatic heterocycles. The van der Waals surface area contributed by atoms with Gasteiger partial charge in [0, 0.05) is 36.0 Å². The Morgan fingerprint density at radius 3 is 2.44 bits per heavy atom. The van der Waals surface area contributed by atoms with Crippen LogP contribution < -0.4 is 19.1 Å². The molecule has 0 spiro atoms. The molecular formula is C28H32N2O4. The molecule has 6 heteroatoms. The van der Waals surface area contributed by atoms with Crippen molar-refractivity contribution in [2.24, 2.45) is 0 Å². The van der Waals surface area contributed by atoms with E-state index in [1.807, 2.05) is 12.1 Å². The van der Waals surface area contributed by atoms with Crippen LogP contribution in [-0.4, -0.2) is 43.4 Å². The summed E-state index contributed by atoms with van der Waals surface area (Å²) in [6.45, 7) is 8.78. The fraction of sp³-hybridized carbons (Fsp3) is 0.357. The van der Waals surface area contributed by atoms with Crippen molar-refractivity contribution < 1.29 is 19.3 Å². The van der Waals surface area contributed by atoms with Gasteiger partial charge in [-0.3, -0.25) is 0 Å². The Morgan fingerprint density at radius 2 is 1.71 bits per heavy atom. The molecule has 2 unspecified atom stereocenters. The fourth-order valence-corrected chi connectivity index (χ4v) is 5.00. The second-order valence-electron chi connectivity index (χ2n) is 8.78. The number of nitrogens with zero attached hydrogens (tertiary/aromatic N) is 2. The van der Waals surface area contributed by atoms with Crippen LogP contribution in [0.2, 0.25) is 0 Å². The Labute approximate surface area is 201 Å². The third-order valence-electron chi connectivity index (χ3n) is 6.89. The van der Waals surface area contributed by atoms with Gasteiger partial charge in [-0.25, -0.2) is 0 Å². The summed E-state index contributed by atoms with van der Waals surface area (Å²) in [5, 5.41) is 9.96. The topological polar surface area (TPSA) is 54.4 Å². The van der Waals surface area contributed by atoms with Crippen molar-refractivity contribution in [2.75, 3.05) is 38.3 Å². The van der Waals surface area contributed by atoms with Crippen molar-refractivity contribution in [1.29, 1.82) is 0 Å². The average molecular weight is 461 g/mol. The molecule has 0 fully saturated rings. The molecule has 34 heavy (non-hydrogen) atoms. The highest BCUT2D eigenvalue weighted by atomic mass is 16.5. The molecule has 2 aliphatic heterocycles. The molecule has 3 aromatic carbocycles. The first-order valence-corrected chi connectivity index (χ1v) is 12.0. The van der Waals surface area contributed by atoms with Gasteiger partial charge in [0.2, 0.25) is 0 Å². The molecule has 0 saturated heterocycles. The number of aromatic hydroxyl groups is 1. The molecule has 3 aromatic rings. The minimum atomic E-state index is -0.135. The largest absolute Gasteiger partial charge is 0.508 e. The molecule has 0 bridgehead atoms. The molecule has 0 amide bonds. The van der Waals surface area contributed by atoms with E-state index < -0.39 is 0 Å². The molecule has 1 N–H and O–H groups in total. The number of hydrogen-bond acceptors (Lipinski definition) is 6. The van der Waals surface area contributed by atoms with Gasteiger partial charge in [-0.2, -0.15) is 0 Å². The number of anilines is 1. The van der Waals surface area contributed by atoms with Crippen molar-refractivity contribution in [1.82, 2.24) is 4.90 Å². The summed E-state index contributed by atoms with van der Waals surface area (Å²) in [5.41, 5.74) is 4.55. The van der Waals surface area contributed by atoms with E-state index in [0.717, 1.165) is 60.2 Å². The quantitative estimate of drug-likeness (QED) is 0.467. The highest BCUT2D eigenvalue weighted by Gasteiger charge is 2.46. The third kappa shape index (κ3) is 4.14. The second kappa shape index (κ2) is 9.47. The van der Waals surface area contributed by atoms with Crippen LogP contribution in [0.25, 0.3) is 0 Å². The molecule has 0 radical (unpaired) electrons. The predicted molar refractivity (Wildman–Crippen MR) is 133 cm³/mol. The highest BCUT2D eigenvalue weighted by molar-refractivity contribution is 5.68. The van der Waals surface area contributed by atoms with E-state index in [0.29, 0.717) is 6.61 Å². The average Bonchev–Trinajstić information content (AvgIpc) is 3.37. The fourth-order valence-electron chi connectivity index (χ4n) is 5.00. The van der Waals surface area contributed by atoms with Gasteiger partial charge in [0.1, 0.15) is 29.6 Å². The van der Waals surface area contributed by atoms with E-state index in [4.69, 9.17) is 14.2 Å². The van der Waals surface area contributed by atoms with E-state index in [2.05, 4.69) is 60.0 Å². The minimum absolute atomic E-state index is 0.0442. The third-order valence-corrected chi connectivity index (χ3v) is 6.89. The monoisotopic (exact) mass is 460 g/mol. The van der Waals surface area contributed by atoms with Crippen LogP contribution in [0.1, 0.15) is 42.7 Å². The first-order chi connectivity index (χ1) is 16.6. The zero-order valence-corrected chi connectivity index (χ0v) is 20.0. The smallest absolute Gasteiger partial charge is 0.150 e. The number of phenols is 1. The molecule has 2 heterocycles. The predicted octanol–water partition coefficient (Wildman–Crippen LogP) is 5.32. The lowest BCUT2D eigenvalue weighted by molar-refractivity contribution is 0.218. The number of fused-ring (bicyclic) bond motifs is 5. The number of likely N-dealkylation sites (N-methyl/N-ethyl adjacent to an activating group) is 1. The zero-order valence-electron chi connectivity index (χ0n) is 20.0. The van der Waals surface area contributed by atoms with Gasteiger partial charge < -0.3 is 29.1 Å². The van der Waals surface area contributed by atoms with Crippen LogP contribution >= 0.6 is 0 Å². The van der Waals surface area contributed by atoms with Crippen LogP contribution in [0, 0.1) is 0 Å². The Bertz CT molecular complexity index is 1140. The number of methoxy groups -OCH3 is 1. The maximum Gasteiger partial charge on any atom is 0.150 e. The molecule has 2 atom stereocenters. The van der Waals surface area contributed by atoms with Crippen LogP contribution in [0.15, 0.2) is 60.7 Å². The molecule has 0 aliphatic carbocycles. The summed E-state index contributed by atoms with van der Waals surface area (Å²) < 4.78 is 17.8. The molecular weight excluding hydrogens is 428 g/mol. The van der Waals surface area contributed by atoms with Gasteiger partial charge in [-0.05, 0) is 61.1 Å². The van der Waals surface area contributed by atoms with Gasteiger partial charge >= 0.3 is 0 Å². The Balaban J connectivity index is 1.36. The van der Waals surface area contributed by atoms with Crippen LogP contribution in [0.3, 0.4) is 0 Å². The van der Waals surface area contributed by atoms with E-state index in [9.17, 15) is 5.11 Å².